The number of rotatable bonds is 1. The zero-order valence-electron chi connectivity index (χ0n) is 27.7. The van der Waals surface area contributed by atoms with Gasteiger partial charge in [0.05, 0.1) is 32.8 Å². The third kappa shape index (κ3) is 10.9. The van der Waals surface area contributed by atoms with Gasteiger partial charge in [-0.25, -0.2) is 9.59 Å². The second-order valence-corrected chi connectivity index (χ2v) is 14.0. The van der Waals surface area contributed by atoms with Crippen LogP contribution in [-0.2, 0) is 29.3 Å². The zero-order valence-corrected chi connectivity index (χ0v) is 30.7. The van der Waals surface area contributed by atoms with Crippen LogP contribution in [0.2, 0.25) is 0 Å². The van der Waals surface area contributed by atoms with E-state index < -0.39 is 28.0 Å². The van der Waals surface area contributed by atoms with E-state index in [0.29, 0.717) is 39.0 Å². The van der Waals surface area contributed by atoms with Crippen LogP contribution >= 0.6 is 0 Å². The fraction of sp³-hybridized carbons (Fsp3) is 0.559. The predicted molar refractivity (Wildman–Crippen MR) is 169 cm³/mol. The van der Waals surface area contributed by atoms with Crippen LogP contribution in [0, 0.1) is 6.07 Å². The van der Waals surface area contributed by atoms with E-state index >= 15 is 0 Å². The van der Waals surface area contributed by atoms with E-state index in [-0.39, 0.29) is 71.2 Å². The molecular formula is C34H45BrMgN2O8. The number of nitrogens with zero attached hydrogens (tertiary/aromatic N) is 2. The van der Waals surface area contributed by atoms with Crippen molar-refractivity contribution in [3.05, 3.63) is 72.3 Å². The van der Waals surface area contributed by atoms with E-state index in [1.54, 1.807) is 9.80 Å². The first-order valence-corrected chi connectivity index (χ1v) is 15.0. The van der Waals surface area contributed by atoms with Crippen LogP contribution in [0.3, 0.4) is 0 Å². The zero-order chi connectivity index (χ0) is 32.2. The van der Waals surface area contributed by atoms with Crippen molar-refractivity contribution in [1.29, 1.82) is 0 Å². The number of hydrogen-bond acceptors (Lipinski definition) is 8. The van der Waals surface area contributed by atoms with Crippen molar-refractivity contribution >= 4 is 41.0 Å². The summed E-state index contributed by atoms with van der Waals surface area (Å²) in [6.07, 6.45) is 0.272. The summed E-state index contributed by atoms with van der Waals surface area (Å²) in [5.74, 6) is 0.115. The van der Waals surface area contributed by atoms with Crippen LogP contribution in [0.25, 0.3) is 0 Å². The summed E-state index contributed by atoms with van der Waals surface area (Å²) in [5, 5.41) is 10.8. The summed E-state index contributed by atoms with van der Waals surface area (Å²) in [5.41, 5.74) is -1.94. The molecule has 1 N–H and O–H groups in total. The van der Waals surface area contributed by atoms with Gasteiger partial charge in [-0.3, -0.25) is 4.79 Å². The fourth-order valence-corrected chi connectivity index (χ4v) is 5.49. The van der Waals surface area contributed by atoms with Gasteiger partial charge in [0.15, 0.2) is 5.78 Å². The van der Waals surface area contributed by atoms with Gasteiger partial charge in [-0.2, -0.15) is 36.4 Å². The number of ether oxygens (including phenoxy) is 4. The molecule has 0 aromatic heterocycles. The van der Waals surface area contributed by atoms with Crippen molar-refractivity contribution in [3.8, 4) is 0 Å². The number of halogens is 1. The molecule has 4 aliphatic rings. The van der Waals surface area contributed by atoms with Gasteiger partial charge in [-0.05, 0) is 47.1 Å². The maximum Gasteiger partial charge on any atom is 2.00 e. The molecule has 4 heterocycles. The minimum atomic E-state index is -0.971. The molecule has 46 heavy (non-hydrogen) atoms. The fourth-order valence-electron chi connectivity index (χ4n) is 5.49. The molecule has 0 aliphatic carbocycles. The van der Waals surface area contributed by atoms with Gasteiger partial charge in [0.25, 0.3) is 0 Å². The van der Waals surface area contributed by atoms with E-state index in [2.05, 4.69) is 6.07 Å². The van der Waals surface area contributed by atoms with Gasteiger partial charge < -0.3 is 50.8 Å². The molecule has 6 rings (SSSR count). The molecule has 2 aromatic carbocycles. The van der Waals surface area contributed by atoms with Gasteiger partial charge in [0.1, 0.15) is 34.6 Å². The normalized spacial score (nSPS) is 22.0. The van der Waals surface area contributed by atoms with Crippen LogP contribution in [0.1, 0.15) is 59.9 Å². The van der Waals surface area contributed by atoms with Crippen molar-refractivity contribution in [3.63, 3.8) is 0 Å². The Morgan fingerprint density at radius 2 is 1.28 bits per heavy atom. The Kier molecular flexibility index (Phi) is 13.7. The molecule has 0 saturated carbocycles. The van der Waals surface area contributed by atoms with Crippen molar-refractivity contribution in [1.82, 2.24) is 9.80 Å². The Bertz CT molecular complexity index is 1260. The number of benzene rings is 2. The summed E-state index contributed by atoms with van der Waals surface area (Å²) < 4.78 is 21.8. The summed E-state index contributed by atoms with van der Waals surface area (Å²) in [6, 6.07) is 22.1. The van der Waals surface area contributed by atoms with Crippen LogP contribution in [-0.4, -0.2) is 118 Å². The van der Waals surface area contributed by atoms with Gasteiger partial charge in [0, 0.05) is 12.8 Å². The molecule has 10 nitrogen and oxygen atoms in total. The van der Waals surface area contributed by atoms with Crippen molar-refractivity contribution in [2.45, 2.75) is 82.4 Å². The third-order valence-electron chi connectivity index (χ3n) is 7.43. The van der Waals surface area contributed by atoms with E-state index in [0.717, 1.165) is 5.56 Å². The van der Waals surface area contributed by atoms with E-state index in [1.165, 1.54) is 0 Å². The summed E-state index contributed by atoms with van der Waals surface area (Å²) in [7, 11) is 0. The quantitative estimate of drug-likeness (QED) is 0.349. The number of carbonyl (C=O) groups excluding carboxylic acids is 3. The van der Waals surface area contributed by atoms with Crippen molar-refractivity contribution < 1.29 is 55.4 Å². The van der Waals surface area contributed by atoms with Crippen LogP contribution < -0.4 is 17.0 Å². The average Bonchev–Trinajstić information content (AvgIpc) is 3.49. The molecule has 0 radical (unpaired) electrons. The first-order chi connectivity index (χ1) is 20.5. The number of likely N-dealkylation sites (tertiary alicyclic amines) is 2. The van der Waals surface area contributed by atoms with Gasteiger partial charge in [0.2, 0.25) is 0 Å². The predicted octanol–water partition coefficient (Wildman–Crippen LogP) is 1.36. The summed E-state index contributed by atoms with van der Waals surface area (Å²) in [6.45, 7) is 13.3. The number of aliphatic hydroxyl groups is 1. The molecule has 4 fully saturated rings. The smallest absolute Gasteiger partial charge is 1.00 e. The van der Waals surface area contributed by atoms with E-state index in [1.807, 2.05) is 102 Å². The first kappa shape index (κ1) is 40.0. The minimum Gasteiger partial charge on any atom is -1.00 e. The first-order valence-electron chi connectivity index (χ1n) is 15.0. The maximum absolute atomic E-state index is 12.0. The Labute approximate surface area is 299 Å². The number of Topliss-reactive ketones (excluding diaryl/α,β-unsaturated/α-hetero) is 1. The van der Waals surface area contributed by atoms with Crippen LogP contribution in [0.5, 0.6) is 0 Å². The van der Waals surface area contributed by atoms with Crippen molar-refractivity contribution in [2.75, 3.05) is 39.4 Å². The Morgan fingerprint density at radius 3 is 1.67 bits per heavy atom. The van der Waals surface area contributed by atoms with Crippen LogP contribution in [0.15, 0.2) is 60.7 Å². The number of hydrogen-bond donors (Lipinski definition) is 1. The molecular weight excluding hydrogens is 669 g/mol. The number of ketones is 1. The van der Waals surface area contributed by atoms with E-state index in [4.69, 9.17) is 18.9 Å². The third-order valence-corrected chi connectivity index (χ3v) is 7.43. The Morgan fingerprint density at radius 1 is 0.804 bits per heavy atom. The molecule has 1 atom stereocenters. The van der Waals surface area contributed by atoms with Crippen LogP contribution in [0.4, 0.5) is 9.59 Å². The average molecular weight is 714 g/mol. The van der Waals surface area contributed by atoms with Gasteiger partial charge >= 0.3 is 35.2 Å². The molecule has 0 bridgehead atoms. The number of carbonyl (C=O) groups is 3. The van der Waals surface area contributed by atoms with E-state index in [9.17, 15) is 19.5 Å². The minimum absolute atomic E-state index is 0. The molecule has 1 unspecified atom stereocenters. The Hall–Kier alpha value is -2.22. The monoisotopic (exact) mass is 712 g/mol. The second kappa shape index (κ2) is 15.8. The van der Waals surface area contributed by atoms with Gasteiger partial charge in [-0.1, -0.05) is 30.3 Å². The molecule has 4 saturated heterocycles. The molecule has 248 valence electrons. The summed E-state index contributed by atoms with van der Waals surface area (Å²) in [4.78, 5) is 37.9. The van der Waals surface area contributed by atoms with Gasteiger partial charge in [-0.15, -0.1) is 0 Å². The standard InChI is InChI=1S/C17H23NO4.C11H17NO4.C6H5.BrH.Mg/c1-15(2,3)22-14(19)18-10-16(11-18)9-17(20,12-21-16)13-7-5-4-6-8-13;1-10(2,3)16-9(14)12-6-11(7-12)4-8(13)5-15-11;1-2-4-6-5-3-1;;/h4-8,20H,9-12H2,1-3H3;4-7H2,1-3H3;1-5H;1H;/q;;-1;;+2/p-1. The maximum atomic E-state index is 12.0. The molecule has 4 aliphatic heterocycles. The number of amides is 2. The Balaban J connectivity index is 0.000000269. The molecule has 12 heteroatoms. The van der Waals surface area contributed by atoms with Crippen molar-refractivity contribution in [2.24, 2.45) is 0 Å². The second-order valence-electron chi connectivity index (χ2n) is 14.0. The molecule has 2 spiro atoms. The largest absolute Gasteiger partial charge is 2.00 e. The SMILES string of the molecule is CC(C)(C)OC(=O)N1CC2(C1)CC(O)(c1ccccc1)CO2.CC(C)(C)OC(=O)N1CC2(CC(=O)CO2)C1.[Br-].[Mg+2].[c-]1ccccc1. The topological polar surface area (TPSA) is 115 Å². The molecule has 2 aromatic rings. The molecule has 2 amide bonds. The summed E-state index contributed by atoms with van der Waals surface area (Å²) >= 11 is 0.